The highest BCUT2D eigenvalue weighted by molar-refractivity contribution is 6.33. The van der Waals surface area contributed by atoms with Crippen LogP contribution in [0.3, 0.4) is 0 Å². The minimum atomic E-state index is -0.00468. The van der Waals surface area contributed by atoms with Gasteiger partial charge in [-0.1, -0.05) is 23.7 Å². The topological polar surface area (TPSA) is 35.8 Å². The average Bonchev–Trinajstić information content (AvgIpc) is 2.18. The lowest BCUT2D eigenvalue weighted by Gasteiger charge is -2.22. The number of fused-ring (bicyclic) bond motifs is 1. The Morgan fingerprint density at radius 2 is 2.38 bits per heavy atom. The van der Waals surface area contributed by atoms with E-state index in [-0.39, 0.29) is 5.92 Å². The van der Waals surface area contributed by atoms with Gasteiger partial charge in [0.15, 0.2) is 0 Å². The van der Waals surface area contributed by atoms with Crippen molar-refractivity contribution in [1.82, 2.24) is 0 Å². The molecular weight excluding hydrogens is 184 g/mol. The highest BCUT2D eigenvalue weighted by atomic mass is 35.5. The molecule has 3 heteroatoms. The summed E-state index contributed by atoms with van der Waals surface area (Å²) in [5.41, 5.74) is 1.96. The zero-order valence-corrected chi connectivity index (χ0v) is 7.80. The number of anilines is 1. The summed E-state index contributed by atoms with van der Waals surface area (Å²) in [5, 5.41) is 12.8. The maximum atomic E-state index is 8.91. The standard InChI is InChI=1S/C10H9ClN2/c11-9-3-1-2-8-7(6-12)4-5-13-10(8)9/h1-3,7,13H,4-5H2. The van der Waals surface area contributed by atoms with Crippen LogP contribution in [0.5, 0.6) is 0 Å². The van der Waals surface area contributed by atoms with E-state index < -0.39 is 0 Å². The molecule has 2 rings (SSSR count). The molecule has 13 heavy (non-hydrogen) atoms. The second-order valence-corrected chi connectivity index (χ2v) is 3.51. The minimum Gasteiger partial charge on any atom is -0.384 e. The Balaban J connectivity index is 2.53. The van der Waals surface area contributed by atoms with Crippen molar-refractivity contribution in [2.24, 2.45) is 0 Å². The van der Waals surface area contributed by atoms with Crippen LogP contribution >= 0.6 is 11.6 Å². The van der Waals surface area contributed by atoms with Gasteiger partial charge in [-0.15, -0.1) is 0 Å². The highest BCUT2D eigenvalue weighted by Crippen LogP contribution is 2.35. The van der Waals surface area contributed by atoms with Gasteiger partial charge in [0.25, 0.3) is 0 Å². The Kier molecular flexibility index (Phi) is 2.12. The van der Waals surface area contributed by atoms with Crippen LogP contribution in [-0.4, -0.2) is 6.54 Å². The van der Waals surface area contributed by atoms with Crippen molar-refractivity contribution in [3.05, 3.63) is 28.8 Å². The van der Waals surface area contributed by atoms with Crippen molar-refractivity contribution in [3.63, 3.8) is 0 Å². The van der Waals surface area contributed by atoms with E-state index in [0.29, 0.717) is 5.02 Å². The molecule has 1 unspecified atom stereocenters. The van der Waals surface area contributed by atoms with Gasteiger partial charge in [-0.05, 0) is 18.1 Å². The molecule has 1 aliphatic heterocycles. The molecule has 0 saturated heterocycles. The van der Waals surface area contributed by atoms with E-state index in [2.05, 4.69) is 11.4 Å². The first-order valence-corrected chi connectivity index (χ1v) is 4.62. The first kappa shape index (κ1) is 8.40. The lowest BCUT2D eigenvalue weighted by Crippen LogP contribution is -2.15. The molecule has 0 bridgehead atoms. The largest absolute Gasteiger partial charge is 0.384 e. The van der Waals surface area contributed by atoms with Crippen LogP contribution in [0.15, 0.2) is 18.2 Å². The zero-order valence-electron chi connectivity index (χ0n) is 7.05. The van der Waals surface area contributed by atoms with E-state index >= 15 is 0 Å². The van der Waals surface area contributed by atoms with Crippen LogP contribution in [0.4, 0.5) is 5.69 Å². The second kappa shape index (κ2) is 3.27. The molecule has 0 radical (unpaired) electrons. The Labute approximate surface area is 82.1 Å². The normalized spacial score (nSPS) is 19.8. The first-order chi connectivity index (χ1) is 6.33. The summed E-state index contributed by atoms with van der Waals surface area (Å²) >= 11 is 5.99. The fraction of sp³-hybridized carbons (Fsp3) is 0.300. The average molecular weight is 193 g/mol. The van der Waals surface area contributed by atoms with Gasteiger partial charge in [-0.3, -0.25) is 0 Å². The Bertz CT molecular complexity index is 368. The number of hydrogen-bond donors (Lipinski definition) is 1. The number of nitrogens with one attached hydrogen (secondary N) is 1. The van der Waals surface area contributed by atoms with Crippen LogP contribution < -0.4 is 5.32 Å². The number of rotatable bonds is 0. The van der Waals surface area contributed by atoms with Crippen LogP contribution in [0, 0.1) is 11.3 Å². The molecular formula is C10H9ClN2. The molecule has 66 valence electrons. The Hall–Kier alpha value is -1.20. The third-order valence-electron chi connectivity index (χ3n) is 2.31. The van der Waals surface area contributed by atoms with Gasteiger partial charge in [0, 0.05) is 6.54 Å². The smallest absolute Gasteiger partial charge is 0.0750 e. The third-order valence-corrected chi connectivity index (χ3v) is 2.63. The maximum absolute atomic E-state index is 8.91. The molecule has 0 amide bonds. The van der Waals surface area contributed by atoms with Crippen molar-refractivity contribution in [2.75, 3.05) is 11.9 Å². The second-order valence-electron chi connectivity index (χ2n) is 3.10. The number of hydrogen-bond acceptors (Lipinski definition) is 2. The molecule has 1 aromatic rings. The lowest BCUT2D eigenvalue weighted by atomic mass is 9.92. The van der Waals surface area contributed by atoms with E-state index in [1.165, 1.54) is 0 Å². The molecule has 1 aliphatic rings. The summed E-state index contributed by atoms with van der Waals surface area (Å²) in [6.45, 7) is 0.828. The molecule has 1 atom stereocenters. The molecule has 2 nitrogen and oxygen atoms in total. The monoisotopic (exact) mass is 192 g/mol. The summed E-state index contributed by atoms with van der Waals surface area (Å²) < 4.78 is 0. The fourth-order valence-corrected chi connectivity index (χ4v) is 1.90. The molecule has 0 saturated carbocycles. The van der Waals surface area contributed by atoms with Crippen molar-refractivity contribution in [3.8, 4) is 6.07 Å². The lowest BCUT2D eigenvalue weighted by molar-refractivity contribution is 0.752. The fourth-order valence-electron chi connectivity index (χ4n) is 1.65. The van der Waals surface area contributed by atoms with E-state index in [1.807, 2.05) is 18.2 Å². The number of para-hydroxylation sites is 1. The van der Waals surface area contributed by atoms with Gasteiger partial charge in [-0.2, -0.15) is 5.26 Å². The zero-order chi connectivity index (χ0) is 9.26. The van der Waals surface area contributed by atoms with Gasteiger partial charge < -0.3 is 5.32 Å². The van der Waals surface area contributed by atoms with Crippen LogP contribution in [-0.2, 0) is 0 Å². The van der Waals surface area contributed by atoms with Crippen LogP contribution in [0.25, 0.3) is 0 Å². The highest BCUT2D eigenvalue weighted by Gasteiger charge is 2.20. The SMILES string of the molecule is N#CC1CCNc2c(Cl)cccc21. The van der Waals surface area contributed by atoms with Gasteiger partial charge in [-0.25, -0.2) is 0 Å². The summed E-state index contributed by atoms with van der Waals surface area (Å²) in [6, 6.07) is 7.98. The molecule has 0 aliphatic carbocycles. The molecule has 0 aromatic heterocycles. The van der Waals surface area contributed by atoms with Crippen molar-refractivity contribution >= 4 is 17.3 Å². The number of nitrogens with zero attached hydrogens (tertiary/aromatic N) is 1. The summed E-state index contributed by atoms with van der Waals surface area (Å²) in [6.07, 6.45) is 0.865. The van der Waals surface area contributed by atoms with Crippen LogP contribution in [0.2, 0.25) is 5.02 Å². The van der Waals surface area contributed by atoms with E-state index in [1.54, 1.807) is 0 Å². The number of nitriles is 1. The molecule has 0 fully saturated rings. The molecule has 1 aromatic carbocycles. The summed E-state index contributed by atoms with van der Waals surface area (Å²) in [7, 11) is 0. The van der Waals surface area contributed by atoms with E-state index in [0.717, 1.165) is 24.2 Å². The van der Waals surface area contributed by atoms with Gasteiger partial charge in [0.2, 0.25) is 0 Å². The van der Waals surface area contributed by atoms with Gasteiger partial charge in [0.05, 0.1) is 22.7 Å². The summed E-state index contributed by atoms with van der Waals surface area (Å²) in [4.78, 5) is 0. The Morgan fingerprint density at radius 1 is 1.54 bits per heavy atom. The number of halogens is 1. The molecule has 1 heterocycles. The van der Waals surface area contributed by atoms with Crippen molar-refractivity contribution in [1.29, 1.82) is 5.26 Å². The predicted molar refractivity (Wildman–Crippen MR) is 52.9 cm³/mol. The summed E-state index contributed by atoms with van der Waals surface area (Å²) in [5.74, 6) is -0.00468. The maximum Gasteiger partial charge on any atom is 0.0750 e. The van der Waals surface area contributed by atoms with E-state index in [4.69, 9.17) is 16.9 Å². The van der Waals surface area contributed by atoms with E-state index in [9.17, 15) is 0 Å². The van der Waals surface area contributed by atoms with Crippen molar-refractivity contribution < 1.29 is 0 Å². The third kappa shape index (κ3) is 1.36. The quantitative estimate of drug-likeness (QED) is 0.686. The van der Waals surface area contributed by atoms with Gasteiger partial charge >= 0.3 is 0 Å². The minimum absolute atomic E-state index is 0.00468. The van der Waals surface area contributed by atoms with Crippen LogP contribution in [0.1, 0.15) is 17.9 Å². The molecule has 1 N–H and O–H groups in total. The molecule has 0 spiro atoms. The van der Waals surface area contributed by atoms with Crippen molar-refractivity contribution in [2.45, 2.75) is 12.3 Å². The van der Waals surface area contributed by atoms with Gasteiger partial charge in [0.1, 0.15) is 0 Å². The number of benzene rings is 1. The predicted octanol–water partition coefficient (Wildman–Crippen LogP) is 2.76. The first-order valence-electron chi connectivity index (χ1n) is 4.25. The Morgan fingerprint density at radius 3 is 3.15 bits per heavy atom.